The van der Waals surface area contributed by atoms with Gasteiger partial charge in [0.05, 0.1) is 13.0 Å². The molecule has 0 radical (unpaired) electrons. The Bertz CT molecular complexity index is 467. The standard InChI is InChI=1S/C14H20F3N3O.HI/c1-3-21-12-7-5-4-6-11(12)10-20-13(18-2)19-9-8-14(15,16)17;/h4-7H,3,8-10H2,1-2H3,(H2,18,19,20);1H. The van der Waals surface area contributed by atoms with E-state index in [4.69, 9.17) is 4.74 Å². The van der Waals surface area contributed by atoms with Crippen LogP contribution in [0.2, 0.25) is 0 Å². The minimum atomic E-state index is -4.17. The van der Waals surface area contributed by atoms with Crippen LogP contribution in [-0.4, -0.2) is 32.3 Å². The molecule has 0 bridgehead atoms. The van der Waals surface area contributed by atoms with E-state index < -0.39 is 12.6 Å². The van der Waals surface area contributed by atoms with E-state index >= 15 is 0 Å². The van der Waals surface area contributed by atoms with E-state index in [-0.39, 0.29) is 30.5 Å². The van der Waals surface area contributed by atoms with Crippen LogP contribution in [0.3, 0.4) is 0 Å². The normalized spacial score (nSPS) is 11.6. The number of nitrogens with zero attached hydrogens (tertiary/aromatic N) is 1. The third-order valence-corrected chi connectivity index (χ3v) is 2.64. The molecule has 0 saturated heterocycles. The lowest BCUT2D eigenvalue weighted by Crippen LogP contribution is -2.38. The predicted molar refractivity (Wildman–Crippen MR) is 91.9 cm³/mol. The Hall–Kier alpha value is -1.19. The van der Waals surface area contributed by atoms with Gasteiger partial charge < -0.3 is 15.4 Å². The van der Waals surface area contributed by atoms with Gasteiger partial charge in [0.25, 0.3) is 0 Å². The molecule has 0 spiro atoms. The molecule has 0 amide bonds. The van der Waals surface area contributed by atoms with Crippen molar-refractivity contribution in [1.29, 1.82) is 0 Å². The number of guanidine groups is 1. The minimum absolute atomic E-state index is 0. The third kappa shape index (κ3) is 8.30. The number of alkyl halides is 3. The van der Waals surface area contributed by atoms with Crippen molar-refractivity contribution in [3.05, 3.63) is 29.8 Å². The average Bonchev–Trinajstić information content (AvgIpc) is 2.43. The van der Waals surface area contributed by atoms with Gasteiger partial charge in [0.1, 0.15) is 5.75 Å². The Morgan fingerprint density at radius 2 is 1.91 bits per heavy atom. The summed E-state index contributed by atoms with van der Waals surface area (Å²) in [5, 5.41) is 5.59. The maximum atomic E-state index is 12.1. The fourth-order valence-corrected chi connectivity index (χ4v) is 1.67. The van der Waals surface area contributed by atoms with Crippen molar-refractivity contribution in [2.75, 3.05) is 20.2 Å². The second kappa shape index (κ2) is 10.5. The second-order valence-corrected chi connectivity index (χ2v) is 4.26. The van der Waals surface area contributed by atoms with Crippen molar-refractivity contribution < 1.29 is 17.9 Å². The predicted octanol–water partition coefficient (Wildman–Crippen LogP) is 3.32. The fourth-order valence-electron chi connectivity index (χ4n) is 1.67. The summed E-state index contributed by atoms with van der Waals surface area (Å²) in [6, 6.07) is 7.48. The molecule has 0 atom stereocenters. The quantitative estimate of drug-likeness (QED) is 0.413. The molecule has 1 rings (SSSR count). The monoisotopic (exact) mass is 431 g/mol. The molecule has 0 fully saturated rings. The molecular formula is C14H21F3IN3O. The van der Waals surface area contributed by atoms with Gasteiger partial charge in [0, 0.05) is 25.7 Å². The first-order chi connectivity index (χ1) is 9.96. The van der Waals surface area contributed by atoms with E-state index in [1.165, 1.54) is 7.05 Å². The summed E-state index contributed by atoms with van der Waals surface area (Å²) >= 11 is 0. The van der Waals surface area contributed by atoms with Gasteiger partial charge in [-0.2, -0.15) is 13.2 Å². The highest BCUT2D eigenvalue weighted by atomic mass is 127. The summed E-state index contributed by atoms with van der Waals surface area (Å²) in [5.74, 6) is 1.07. The molecular weight excluding hydrogens is 410 g/mol. The highest BCUT2D eigenvalue weighted by molar-refractivity contribution is 14.0. The number of aliphatic imine (C=N–C) groups is 1. The van der Waals surface area contributed by atoms with Crippen molar-refractivity contribution in [1.82, 2.24) is 10.6 Å². The van der Waals surface area contributed by atoms with E-state index in [1.54, 1.807) is 0 Å². The first-order valence-corrected chi connectivity index (χ1v) is 6.68. The lowest BCUT2D eigenvalue weighted by molar-refractivity contribution is -0.132. The zero-order valence-corrected chi connectivity index (χ0v) is 14.9. The number of hydrogen-bond donors (Lipinski definition) is 2. The topological polar surface area (TPSA) is 45.6 Å². The number of para-hydroxylation sites is 1. The lowest BCUT2D eigenvalue weighted by Gasteiger charge is -2.14. The molecule has 0 aliphatic heterocycles. The zero-order valence-electron chi connectivity index (χ0n) is 12.5. The van der Waals surface area contributed by atoms with Crippen molar-refractivity contribution in [3.63, 3.8) is 0 Å². The Labute approximate surface area is 145 Å². The summed E-state index contributed by atoms with van der Waals surface area (Å²) in [7, 11) is 1.51. The molecule has 1 aromatic carbocycles. The Balaban J connectivity index is 0.00000441. The van der Waals surface area contributed by atoms with Crippen LogP contribution in [0.4, 0.5) is 13.2 Å². The van der Waals surface area contributed by atoms with E-state index in [1.807, 2.05) is 31.2 Å². The van der Waals surface area contributed by atoms with Crippen molar-refractivity contribution in [2.45, 2.75) is 26.1 Å². The number of benzene rings is 1. The molecule has 0 aliphatic rings. The molecule has 8 heteroatoms. The number of halogens is 4. The average molecular weight is 431 g/mol. The van der Waals surface area contributed by atoms with Crippen LogP contribution in [0.25, 0.3) is 0 Å². The van der Waals surface area contributed by atoms with Gasteiger partial charge in [0.15, 0.2) is 5.96 Å². The molecule has 4 nitrogen and oxygen atoms in total. The van der Waals surface area contributed by atoms with E-state index in [2.05, 4.69) is 15.6 Å². The fraction of sp³-hybridized carbons (Fsp3) is 0.500. The highest BCUT2D eigenvalue weighted by Gasteiger charge is 2.26. The molecule has 0 unspecified atom stereocenters. The Morgan fingerprint density at radius 3 is 2.50 bits per heavy atom. The molecule has 1 aromatic rings. The van der Waals surface area contributed by atoms with Gasteiger partial charge in [0.2, 0.25) is 0 Å². The number of hydrogen-bond acceptors (Lipinski definition) is 2. The first kappa shape index (κ1) is 20.8. The molecule has 22 heavy (non-hydrogen) atoms. The Kier molecular flexibility index (Phi) is 9.95. The van der Waals surface area contributed by atoms with Crippen molar-refractivity contribution >= 4 is 29.9 Å². The molecule has 0 heterocycles. The van der Waals surface area contributed by atoms with Crippen LogP contribution >= 0.6 is 24.0 Å². The maximum Gasteiger partial charge on any atom is 0.390 e. The second-order valence-electron chi connectivity index (χ2n) is 4.26. The lowest BCUT2D eigenvalue weighted by atomic mass is 10.2. The van der Waals surface area contributed by atoms with Gasteiger partial charge in [-0.15, -0.1) is 24.0 Å². The third-order valence-electron chi connectivity index (χ3n) is 2.64. The highest BCUT2D eigenvalue weighted by Crippen LogP contribution is 2.18. The van der Waals surface area contributed by atoms with Crippen LogP contribution in [0.5, 0.6) is 5.75 Å². The SMILES string of the molecule is CCOc1ccccc1CNC(=NC)NCCC(F)(F)F.I. The van der Waals surface area contributed by atoms with Gasteiger partial charge in [-0.3, -0.25) is 4.99 Å². The summed E-state index contributed by atoms with van der Waals surface area (Å²) < 4.78 is 41.7. The smallest absolute Gasteiger partial charge is 0.390 e. The van der Waals surface area contributed by atoms with E-state index in [9.17, 15) is 13.2 Å². The Morgan fingerprint density at radius 1 is 1.23 bits per heavy atom. The first-order valence-electron chi connectivity index (χ1n) is 6.68. The number of nitrogens with one attached hydrogen (secondary N) is 2. The van der Waals surface area contributed by atoms with E-state index in [0.717, 1.165) is 11.3 Å². The van der Waals surface area contributed by atoms with Crippen molar-refractivity contribution in [2.24, 2.45) is 4.99 Å². The maximum absolute atomic E-state index is 12.1. The summed E-state index contributed by atoms with van der Waals surface area (Å²) in [4.78, 5) is 3.88. The minimum Gasteiger partial charge on any atom is -0.494 e. The largest absolute Gasteiger partial charge is 0.494 e. The van der Waals surface area contributed by atoms with Gasteiger partial charge >= 0.3 is 6.18 Å². The summed E-state index contributed by atoms with van der Waals surface area (Å²) in [6.07, 6.45) is -5.07. The van der Waals surface area contributed by atoms with E-state index in [0.29, 0.717) is 19.1 Å². The van der Waals surface area contributed by atoms with Gasteiger partial charge in [-0.1, -0.05) is 18.2 Å². The summed E-state index contributed by atoms with van der Waals surface area (Å²) in [6.45, 7) is 2.65. The number of rotatable bonds is 6. The van der Waals surface area contributed by atoms with Crippen LogP contribution in [0, 0.1) is 0 Å². The molecule has 126 valence electrons. The van der Waals surface area contributed by atoms with Gasteiger partial charge in [-0.05, 0) is 13.0 Å². The molecule has 0 aromatic heterocycles. The van der Waals surface area contributed by atoms with Crippen LogP contribution < -0.4 is 15.4 Å². The van der Waals surface area contributed by atoms with Crippen molar-refractivity contribution in [3.8, 4) is 5.75 Å². The number of ether oxygens (including phenoxy) is 1. The summed E-state index contributed by atoms with van der Waals surface area (Å²) in [5.41, 5.74) is 0.915. The zero-order chi connectivity index (χ0) is 15.7. The van der Waals surface area contributed by atoms with Crippen LogP contribution in [0.15, 0.2) is 29.3 Å². The van der Waals surface area contributed by atoms with Gasteiger partial charge in [-0.25, -0.2) is 0 Å². The molecule has 0 saturated carbocycles. The van der Waals surface area contributed by atoms with Crippen LogP contribution in [-0.2, 0) is 6.54 Å². The van der Waals surface area contributed by atoms with Crippen LogP contribution in [0.1, 0.15) is 18.9 Å². The molecule has 2 N–H and O–H groups in total. The molecule has 0 aliphatic carbocycles.